The molecule has 10 nitrogen and oxygen atoms in total. The molecule has 0 bridgehead atoms. The molecule has 1 saturated carbocycles. The van der Waals surface area contributed by atoms with Crippen LogP contribution in [0.1, 0.15) is 49.1 Å². The first kappa shape index (κ1) is 27.8. The van der Waals surface area contributed by atoms with Gasteiger partial charge in [0.25, 0.3) is 0 Å². The van der Waals surface area contributed by atoms with Gasteiger partial charge in [-0.15, -0.1) is 0 Å². The number of ether oxygens (including phenoxy) is 2. The lowest BCUT2D eigenvalue weighted by Crippen LogP contribution is -2.33. The number of rotatable bonds is 9. The molecule has 0 aliphatic heterocycles. The van der Waals surface area contributed by atoms with E-state index >= 15 is 0 Å². The number of hydrazine groups is 1. The van der Waals surface area contributed by atoms with Crippen LogP contribution in [0.3, 0.4) is 0 Å². The van der Waals surface area contributed by atoms with Crippen LogP contribution in [0.5, 0.6) is 5.75 Å². The predicted octanol–water partition coefficient (Wildman–Crippen LogP) is 3.50. The number of aromatic nitrogens is 1. The molecule has 10 heteroatoms. The number of carbonyl (C=O) groups excluding carboxylic acids is 1. The Morgan fingerprint density at radius 1 is 1.11 bits per heavy atom. The minimum absolute atomic E-state index is 0.131. The highest BCUT2D eigenvalue weighted by Crippen LogP contribution is 2.29. The Kier molecular flexibility index (Phi) is 9.73. The topological polar surface area (TPSA) is 144 Å². The predicted molar refractivity (Wildman–Crippen MR) is 140 cm³/mol. The zero-order valence-corrected chi connectivity index (χ0v) is 21.7. The molecule has 3 rings (SSSR count). The molecule has 1 aromatic carbocycles. The first-order chi connectivity index (χ1) is 17.7. The highest BCUT2D eigenvalue weighted by molar-refractivity contribution is 5.70. The summed E-state index contributed by atoms with van der Waals surface area (Å²) < 4.78 is 11.6. The van der Waals surface area contributed by atoms with Crippen LogP contribution in [0.2, 0.25) is 0 Å². The van der Waals surface area contributed by atoms with Gasteiger partial charge in [-0.3, -0.25) is 4.79 Å². The van der Waals surface area contributed by atoms with E-state index in [0.29, 0.717) is 42.2 Å². The number of carboxylic acid groups (broad SMARTS) is 1. The Morgan fingerprint density at radius 2 is 1.81 bits per heavy atom. The van der Waals surface area contributed by atoms with Gasteiger partial charge in [-0.1, -0.05) is 36.8 Å². The van der Waals surface area contributed by atoms with Crippen LogP contribution in [-0.4, -0.2) is 58.9 Å². The number of carbonyl (C=O) groups is 2. The van der Waals surface area contributed by atoms with Crippen LogP contribution in [0.15, 0.2) is 48.2 Å². The second-order valence-electron chi connectivity index (χ2n) is 9.44. The summed E-state index contributed by atoms with van der Waals surface area (Å²) in [6.07, 6.45) is 3.09. The quantitative estimate of drug-likeness (QED) is 0.262. The molecule has 1 aliphatic rings. The molecule has 2 unspecified atom stereocenters. The third-order valence-corrected chi connectivity index (χ3v) is 6.48. The SMILES string of the molecule is Cc1nc(/C(N)=C(\COC(=O)N(C)Cc2ccccc2)N(C)N)ccc1OC1CCCCC(C(=O)O)C1. The summed E-state index contributed by atoms with van der Waals surface area (Å²) >= 11 is 0. The molecule has 1 heterocycles. The van der Waals surface area contributed by atoms with E-state index in [-0.39, 0.29) is 18.4 Å². The number of amides is 1. The van der Waals surface area contributed by atoms with Gasteiger partial charge < -0.3 is 30.2 Å². The van der Waals surface area contributed by atoms with Gasteiger partial charge in [0.15, 0.2) is 0 Å². The Bertz CT molecular complexity index is 1110. The molecule has 37 heavy (non-hydrogen) atoms. The number of aryl methyl sites for hydroxylation is 1. The zero-order valence-electron chi connectivity index (χ0n) is 21.7. The van der Waals surface area contributed by atoms with Crippen molar-refractivity contribution >= 4 is 17.8 Å². The number of hydrogen-bond acceptors (Lipinski definition) is 8. The summed E-state index contributed by atoms with van der Waals surface area (Å²) in [6.45, 7) is 2.08. The molecule has 5 N–H and O–H groups in total. The van der Waals surface area contributed by atoms with E-state index in [2.05, 4.69) is 4.98 Å². The zero-order chi connectivity index (χ0) is 26.9. The smallest absolute Gasteiger partial charge is 0.410 e. The van der Waals surface area contributed by atoms with Crippen LogP contribution in [0.25, 0.3) is 5.70 Å². The van der Waals surface area contributed by atoms with Crippen molar-refractivity contribution in [3.8, 4) is 5.75 Å². The summed E-state index contributed by atoms with van der Waals surface area (Å²) in [5.41, 5.74) is 9.13. The average molecular weight is 512 g/mol. The normalized spacial score (nSPS) is 18.3. The maximum atomic E-state index is 12.5. The molecule has 1 aromatic heterocycles. The molecule has 1 aliphatic carbocycles. The largest absolute Gasteiger partial charge is 0.489 e. The molecule has 1 fully saturated rings. The molecule has 2 atom stereocenters. The first-order valence-electron chi connectivity index (χ1n) is 12.4. The standard InChI is InChI=1S/C27H37N5O5/c1-18-24(37-21-12-8-7-11-20(15-21)26(33)34)14-13-22(30-18)25(28)23(32(3)29)17-36-27(35)31(2)16-19-9-5-4-6-10-19/h4-6,9-10,13-14,20-21H,7-8,11-12,15-17,28-29H2,1-3H3,(H,33,34)/b25-23-. The monoisotopic (exact) mass is 511 g/mol. The average Bonchev–Trinajstić information content (AvgIpc) is 3.11. The lowest BCUT2D eigenvalue weighted by atomic mass is 9.99. The minimum Gasteiger partial charge on any atom is -0.489 e. The van der Waals surface area contributed by atoms with Crippen LogP contribution < -0.4 is 16.3 Å². The van der Waals surface area contributed by atoms with Gasteiger partial charge in [0, 0.05) is 20.6 Å². The fourth-order valence-electron chi connectivity index (χ4n) is 4.33. The van der Waals surface area contributed by atoms with E-state index < -0.39 is 18.0 Å². The second-order valence-corrected chi connectivity index (χ2v) is 9.44. The van der Waals surface area contributed by atoms with Gasteiger partial charge >= 0.3 is 12.1 Å². The number of likely N-dealkylation sites (N-methyl/N-ethyl adjacent to an activating group) is 1. The molecule has 1 amide bonds. The van der Waals surface area contributed by atoms with Crippen molar-refractivity contribution in [3.05, 3.63) is 65.1 Å². The number of nitrogens with two attached hydrogens (primary N) is 2. The van der Waals surface area contributed by atoms with Gasteiger partial charge in [-0.05, 0) is 50.3 Å². The van der Waals surface area contributed by atoms with Gasteiger partial charge in [-0.25, -0.2) is 15.6 Å². The number of carboxylic acids is 1. The molecule has 2 aromatic rings. The Labute approximate surface area is 217 Å². The number of hydrogen-bond donors (Lipinski definition) is 3. The summed E-state index contributed by atoms with van der Waals surface area (Å²) in [4.78, 5) is 30.1. The molecule has 0 radical (unpaired) electrons. The lowest BCUT2D eigenvalue weighted by molar-refractivity contribution is -0.142. The Morgan fingerprint density at radius 3 is 2.46 bits per heavy atom. The van der Waals surface area contributed by atoms with Crippen molar-refractivity contribution in [1.82, 2.24) is 14.9 Å². The molecular formula is C27H37N5O5. The van der Waals surface area contributed by atoms with E-state index in [0.717, 1.165) is 24.8 Å². The third-order valence-electron chi connectivity index (χ3n) is 6.48. The van der Waals surface area contributed by atoms with E-state index in [1.807, 2.05) is 37.3 Å². The molecular weight excluding hydrogens is 474 g/mol. The van der Waals surface area contributed by atoms with Crippen LogP contribution in [0.4, 0.5) is 4.79 Å². The van der Waals surface area contributed by atoms with Crippen molar-refractivity contribution in [2.75, 3.05) is 20.7 Å². The number of pyridine rings is 1. The van der Waals surface area contributed by atoms with E-state index in [4.69, 9.17) is 21.1 Å². The fourth-order valence-corrected chi connectivity index (χ4v) is 4.33. The molecule has 0 spiro atoms. The highest BCUT2D eigenvalue weighted by atomic mass is 16.6. The highest BCUT2D eigenvalue weighted by Gasteiger charge is 2.27. The molecule has 200 valence electrons. The van der Waals surface area contributed by atoms with Crippen LogP contribution in [0, 0.1) is 12.8 Å². The van der Waals surface area contributed by atoms with Crippen LogP contribution >= 0.6 is 0 Å². The van der Waals surface area contributed by atoms with E-state index in [1.165, 1.54) is 9.91 Å². The van der Waals surface area contributed by atoms with E-state index in [1.54, 1.807) is 26.2 Å². The van der Waals surface area contributed by atoms with E-state index in [9.17, 15) is 14.7 Å². The van der Waals surface area contributed by atoms with Crippen molar-refractivity contribution in [3.63, 3.8) is 0 Å². The van der Waals surface area contributed by atoms with Crippen molar-refractivity contribution in [1.29, 1.82) is 0 Å². The van der Waals surface area contributed by atoms with Gasteiger partial charge in [0.2, 0.25) is 0 Å². The van der Waals surface area contributed by atoms with Gasteiger partial charge in [0.05, 0.1) is 34.8 Å². The number of benzene rings is 1. The van der Waals surface area contributed by atoms with Gasteiger partial charge in [0.1, 0.15) is 12.4 Å². The maximum Gasteiger partial charge on any atom is 0.410 e. The van der Waals surface area contributed by atoms with Gasteiger partial charge in [-0.2, -0.15) is 0 Å². The van der Waals surface area contributed by atoms with Crippen molar-refractivity contribution in [2.45, 2.75) is 51.7 Å². The summed E-state index contributed by atoms with van der Waals surface area (Å²) in [6, 6.07) is 13.1. The maximum absolute atomic E-state index is 12.5. The summed E-state index contributed by atoms with van der Waals surface area (Å²) in [5, 5.41) is 10.7. The Hall–Kier alpha value is -3.79. The number of nitrogens with zero attached hydrogens (tertiary/aromatic N) is 3. The third kappa shape index (κ3) is 7.85. The fraction of sp³-hybridized carbons (Fsp3) is 0.444. The summed E-state index contributed by atoms with van der Waals surface area (Å²) in [5.74, 6) is 5.42. The lowest BCUT2D eigenvalue weighted by Gasteiger charge is -2.23. The molecule has 0 saturated heterocycles. The van der Waals surface area contributed by atoms with Crippen molar-refractivity contribution in [2.24, 2.45) is 17.5 Å². The van der Waals surface area contributed by atoms with Crippen molar-refractivity contribution < 1.29 is 24.2 Å². The van der Waals surface area contributed by atoms with Crippen LogP contribution in [-0.2, 0) is 16.1 Å². The first-order valence-corrected chi connectivity index (χ1v) is 12.4. The summed E-state index contributed by atoms with van der Waals surface area (Å²) in [7, 11) is 3.27. The second kappa shape index (κ2) is 13.0. The minimum atomic E-state index is -0.774. The Balaban J connectivity index is 1.68. The number of aliphatic carboxylic acids is 1.